The van der Waals surface area contributed by atoms with Gasteiger partial charge in [0.15, 0.2) is 0 Å². The lowest BCUT2D eigenvalue weighted by Crippen LogP contribution is -2.25. The van der Waals surface area contributed by atoms with E-state index < -0.39 is 0 Å². The standard InChI is InChI=1S/C19H24FN/c1-4-13(2)18(15-8-6-5-7-9-15)19(21)16-11-10-14(3)17(20)12-16/h5-13,18-19H,4,21H2,1-3H3. The highest BCUT2D eigenvalue weighted by atomic mass is 19.1. The Bertz CT molecular complexity index is 579. The van der Waals surface area contributed by atoms with E-state index in [9.17, 15) is 4.39 Å². The summed E-state index contributed by atoms with van der Waals surface area (Å²) in [5.74, 6) is 0.448. The molecule has 3 atom stereocenters. The molecule has 2 aromatic carbocycles. The number of hydrogen-bond donors (Lipinski definition) is 1. The number of hydrogen-bond acceptors (Lipinski definition) is 1. The van der Waals surface area contributed by atoms with E-state index >= 15 is 0 Å². The van der Waals surface area contributed by atoms with Crippen LogP contribution < -0.4 is 5.73 Å². The first-order valence-corrected chi connectivity index (χ1v) is 7.61. The molecule has 0 aliphatic heterocycles. The zero-order chi connectivity index (χ0) is 15.4. The minimum absolute atomic E-state index is 0.182. The van der Waals surface area contributed by atoms with Gasteiger partial charge in [0.05, 0.1) is 0 Å². The molecule has 112 valence electrons. The predicted molar refractivity (Wildman–Crippen MR) is 86.7 cm³/mol. The van der Waals surface area contributed by atoms with Gasteiger partial charge in [0.25, 0.3) is 0 Å². The summed E-state index contributed by atoms with van der Waals surface area (Å²) in [7, 11) is 0. The zero-order valence-corrected chi connectivity index (χ0v) is 13.0. The van der Waals surface area contributed by atoms with Gasteiger partial charge in [0, 0.05) is 12.0 Å². The lowest BCUT2D eigenvalue weighted by molar-refractivity contribution is 0.387. The quantitative estimate of drug-likeness (QED) is 0.825. The highest BCUT2D eigenvalue weighted by Crippen LogP contribution is 2.37. The molecule has 21 heavy (non-hydrogen) atoms. The largest absolute Gasteiger partial charge is 0.323 e. The van der Waals surface area contributed by atoms with Crippen LogP contribution in [0.2, 0.25) is 0 Å². The maximum Gasteiger partial charge on any atom is 0.126 e. The third-order valence-corrected chi connectivity index (χ3v) is 4.41. The number of rotatable bonds is 5. The number of nitrogens with two attached hydrogens (primary N) is 1. The average Bonchev–Trinajstić information content (AvgIpc) is 2.51. The molecule has 2 aromatic rings. The SMILES string of the molecule is CCC(C)C(c1ccccc1)C(N)c1ccc(C)c(F)c1. The summed E-state index contributed by atoms with van der Waals surface area (Å²) in [6.07, 6.45) is 1.04. The molecule has 0 aliphatic rings. The average molecular weight is 285 g/mol. The van der Waals surface area contributed by atoms with Crippen molar-refractivity contribution >= 4 is 0 Å². The first kappa shape index (κ1) is 15.7. The third-order valence-electron chi connectivity index (χ3n) is 4.41. The molecule has 2 rings (SSSR count). The minimum atomic E-state index is -0.197. The lowest BCUT2D eigenvalue weighted by atomic mass is 9.78. The molecule has 1 nitrogen and oxygen atoms in total. The Labute approximate surface area is 127 Å². The van der Waals surface area contributed by atoms with Crippen molar-refractivity contribution in [1.82, 2.24) is 0 Å². The molecule has 0 heterocycles. The van der Waals surface area contributed by atoms with E-state index in [0.717, 1.165) is 12.0 Å². The van der Waals surface area contributed by atoms with Gasteiger partial charge in [-0.05, 0) is 35.6 Å². The van der Waals surface area contributed by atoms with E-state index in [1.54, 1.807) is 13.0 Å². The predicted octanol–water partition coefficient (Wildman–Crippen LogP) is 4.96. The summed E-state index contributed by atoms with van der Waals surface area (Å²) in [6, 6.07) is 15.4. The lowest BCUT2D eigenvalue weighted by Gasteiger charge is -2.30. The van der Waals surface area contributed by atoms with E-state index in [0.29, 0.717) is 11.5 Å². The number of benzene rings is 2. The van der Waals surface area contributed by atoms with Crippen LogP contribution in [0.3, 0.4) is 0 Å². The van der Waals surface area contributed by atoms with Crippen LogP contribution in [0.5, 0.6) is 0 Å². The van der Waals surface area contributed by atoms with Crippen LogP contribution in [0.25, 0.3) is 0 Å². The smallest absolute Gasteiger partial charge is 0.126 e. The van der Waals surface area contributed by atoms with E-state index in [4.69, 9.17) is 5.73 Å². The molecule has 0 amide bonds. The van der Waals surface area contributed by atoms with Crippen molar-refractivity contribution < 1.29 is 4.39 Å². The summed E-state index contributed by atoms with van der Waals surface area (Å²) >= 11 is 0. The molecule has 0 saturated carbocycles. The summed E-state index contributed by atoms with van der Waals surface area (Å²) < 4.78 is 13.8. The zero-order valence-electron chi connectivity index (χ0n) is 13.0. The Kier molecular flexibility index (Phi) is 5.13. The molecule has 0 saturated heterocycles. The monoisotopic (exact) mass is 285 g/mol. The van der Waals surface area contributed by atoms with Crippen LogP contribution in [0.1, 0.15) is 48.9 Å². The van der Waals surface area contributed by atoms with Gasteiger partial charge in [-0.15, -0.1) is 0 Å². The Hall–Kier alpha value is -1.67. The molecule has 0 aromatic heterocycles. The van der Waals surface area contributed by atoms with Gasteiger partial charge < -0.3 is 5.73 Å². The van der Waals surface area contributed by atoms with E-state index in [1.807, 2.05) is 30.3 Å². The van der Waals surface area contributed by atoms with Crippen molar-refractivity contribution in [2.75, 3.05) is 0 Å². The Balaban J connectivity index is 2.38. The fraction of sp³-hybridized carbons (Fsp3) is 0.368. The Morgan fingerprint density at radius 2 is 1.71 bits per heavy atom. The molecule has 0 radical (unpaired) electrons. The minimum Gasteiger partial charge on any atom is -0.323 e. The maximum atomic E-state index is 13.8. The van der Waals surface area contributed by atoms with Gasteiger partial charge in [-0.1, -0.05) is 62.7 Å². The van der Waals surface area contributed by atoms with Crippen molar-refractivity contribution in [1.29, 1.82) is 0 Å². The summed E-state index contributed by atoms with van der Waals surface area (Å²) in [5.41, 5.74) is 9.25. The highest BCUT2D eigenvalue weighted by Gasteiger charge is 2.26. The van der Waals surface area contributed by atoms with Crippen molar-refractivity contribution in [3.8, 4) is 0 Å². The van der Waals surface area contributed by atoms with Crippen LogP contribution in [0.4, 0.5) is 4.39 Å². The molecule has 0 aliphatic carbocycles. The van der Waals surface area contributed by atoms with E-state index in [1.165, 1.54) is 5.56 Å². The van der Waals surface area contributed by atoms with E-state index in [-0.39, 0.29) is 17.8 Å². The maximum absolute atomic E-state index is 13.8. The molecule has 2 N–H and O–H groups in total. The first-order valence-electron chi connectivity index (χ1n) is 7.61. The second kappa shape index (κ2) is 6.86. The first-order chi connectivity index (χ1) is 10.0. The fourth-order valence-electron chi connectivity index (χ4n) is 2.84. The van der Waals surface area contributed by atoms with Crippen LogP contribution >= 0.6 is 0 Å². The van der Waals surface area contributed by atoms with Crippen molar-refractivity contribution in [2.45, 2.75) is 39.2 Å². The molecular weight excluding hydrogens is 261 g/mol. The summed E-state index contributed by atoms with van der Waals surface area (Å²) in [4.78, 5) is 0. The van der Waals surface area contributed by atoms with Gasteiger partial charge in [-0.3, -0.25) is 0 Å². The summed E-state index contributed by atoms with van der Waals surface area (Å²) in [6.45, 7) is 6.15. The third kappa shape index (κ3) is 3.51. The highest BCUT2D eigenvalue weighted by molar-refractivity contribution is 5.31. The molecule has 0 fully saturated rings. The van der Waals surface area contributed by atoms with Gasteiger partial charge in [-0.25, -0.2) is 4.39 Å². The second-order valence-corrected chi connectivity index (χ2v) is 5.86. The van der Waals surface area contributed by atoms with E-state index in [2.05, 4.69) is 26.0 Å². The van der Waals surface area contributed by atoms with Crippen molar-refractivity contribution in [3.63, 3.8) is 0 Å². The normalized spacial score (nSPS) is 15.5. The molecule has 2 heteroatoms. The number of aryl methyl sites for hydroxylation is 1. The van der Waals surface area contributed by atoms with Crippen LogP contribution in [-0.4, -0.2) is 0 Å². The Morgan fingerprint density at radius 1 is 1.05 bits per heavy atom. The van der Waals surface area contributed by atoms with Gasteiger partial charge in [0.1, 0.15) is 5.82 Å². The van der Waals surface area contributed by atoms with Crippen LogP contribution in [-0.2, 0) is 0 Å². The van der Waals surface area contributed by atoms with Crippen molar-refractivity contribution in [3.05, 3.63) is 71.0 Å². The Morgan fingerprint density at radius 3 is 2.29 bits per heavy atom. The fourth-order valence-corrected chi connectivity index (χ4v) is 2.84. The number of halogens is 1. The van der Waals surface area contributed by atoms with Crippen molar-refractivity contribution in [2.24, 2.45) is 11.7 Å². The van der Waals surface area contributed by atoms with Gasteiger partial charge in [-0.2, -0.15) is 0 Å². The molecule has 3 unspecified atom stereocenters. The van der Waals surface area contributed by atoms with Gasteiger partial charge >= 0.3 is 0 Å². The topological polar surface area (TPSA) is 26.0 Å². The molecule has 0 spiro atoms. The summed E-state index contributed by atoms with van der Waals surface area (Å²) in [5, 5.41) is 0. The van der Waals surface area contributed by atoms with Crippen LogP contribution in [0, 0.1) is 18.7 Å². The second-order valence-electron chi connectivity index (χ2n) is 5.86. The van der Waals surface area contributed by atoms with Crippen LogP contribution in [0.15, 0.2) is 48.5 Å². The van der Waals surface area contributed by atoms with Gasteiger partial charge in [0.2, 0.25) is 0 Å². The molecule has 0 bridgehead atoms. The molecular formula is C19H24FN.